The lowest BCUT2D eigenvalue weighted by Crippen LogP contribution is -2.49. The van der Waals surface area contributed by atoms with E-state index in [2.05, 4.69) is 47.2 Å². The highest BCUT2D eigenvalue weighted by Gasteiger charge is 2.25. The Bertz CT molecular complexity index is 1060. The normalized spacial score (nSPS) is 14.0. The van der Waals surface area contributed by atoms with E-state index in [1.165, 1.54) is 22.9 Å². The van der Waals surface area contributed by atoms with Crippen molar-refractivity contribution in [2.75, 3.05) is 36.4 Å². The minimum absolute atomic E-state index is 0.0949. The van der Waals surface area contributed by atoms with Gasteiger partial charge in [0.25, 0.3) is 5.91 Å². The van der Waals surface area contributed by atoms with Crippen molar-refractivity contribution in [1.29, 1.82) is 0 Å². The van der Waals surface area contributed by atoms with Crippen LogP contribution < -0.4 is 10.2 Å². The van der Waals surface area contributed by atoms with E-state index >= 15 is 0 Å². The fourth-order valence-corrected chi connectivity index (χ4v) is 3.77. The summed E-state index contributed by atoms with van der Waals surface area (Å²) in [7, 11) is 0. The van der Waals surface area contributed by atoms with Crippen molar-refractivity contribution in [3.8, 4) is 0 Å². The number of piperazine rings is 1. The van der Waals surface area contributed by atoms with Crippen LogP contribution in [0.4, 0.5) is 21.6 Å². The van der Waals surface area contributed by atoms with E-state index < -0.39 is 0 Å². The Morgan fingerprint density at radius 3 is 2.50 bits per heavy atom. The van der Waals surface area contributed by atoms with Gasteiger partial charge in [0, 0.05) is 38.1 Å². The van der Waals surface area contributed by atoms with E-state index in [4.69, 9.17) is 0 Å². The molecule has 0 saturated carbocycles. The highest BCUT2D eigenvalue weighted by Crippen LogP contribution is 2.26. The molecule has 1 N–H and O–H groups in total. The summed E-state index contributed by atoms with van der Waals surface area (Å²) in [6.45, 7) is 7.04. The lowest BCUT2D eigenvalue weighted by Gasteiger charge is -2.37. The van der Waals surface area contributed by atoms with Crippen LogP contribution in [0.3, 0.4) is 0 Å². The molecule has 1 aliphatic heterocycles. The summed E-state index contributed by atoms with van der Waals surface area (Å²) in [6.07, 6.45) is 1.60. The molecule has 1 amide bonds. The number of carbonyl (C=O) groups is 1. The predicted molar refractivity (Wildman–Crippen MR) is 118 cm³/mol. The molecular weight excluding hydrogens is 379 g/mol. The molecule has 0 radical (unpaired) electrons. The number of anilines is 3. The summed E-state index contributed by atoms with van der Waals surface area (Å²) >= 11 is 0. The summed E-state index contributed by atoms with van der Waals surface area (Å²) in [5.41, 5.74) is 4.52. The molecule has 4 rings (SSSR count). The number of aryl methyl sites for hydroxylation is 1. The number of nitrogens with one attached hydrogen (secondary N) is 1. The van der Waals surface area contributed by atoms with Crippen molar-refractivity contribution < 1.29 is 9.18 Å². The van der Waals surface area contributed by atoms with Gasteiger partial charge < -0.3 is 15.1 Å². The maximum absolute atomic E-state index is 14.0. The number of rotatable bonds is 4. The van der Waals surface area contributed by atoms with Crippen LogP contribution in [0.2, 0.25) is 0 Å². The first kappa shape index (κ1) is 19.9. The van der Waals surface area contributed by atoms with Gasteiger partial charge in [-0.15, -0.1) is 0 Å². The Balaban J connectivity index is 1.49. The number of para-hydroxylation sites is 1. The number of hydrogen-bond donors (Lipinski definition) is 1. The molecule has 0 bridgehead atoms. The Morgan fingerprint density at radius 1 is 0.967 bits per heavy atom. The van der Waals surface area contributed by atoms with Gasteiger partial charge >= 0.3 is 0 Å². The fourth-order valence-electron chi connectivity index (χ4n) is 3.77. The first-order chi connectivity index (χ1) is 14.5. The SMILES string of the molecule is Cc1cccc(N2CCN(C(=O)c3cccnc3Nc3ccccc3F)CC2)c1C. The maximum atomic E-state index is 14.0. The van der Waals surface area contributed by atoms with Gasteiger partial charge in [-0.25, -0.2) is 9.37 Å². The summed E-state index contributed by atoms with van der Waals surface area (Å²) in [5.74, 6) is -0.115. The number of halogens is 1. The van der Waals surface area contributed by atoms with Gasteiger partial charge in [-0.1, -0.05) is 24.3 Å². The molecule has 30 heavy (non-hydrogen) atoms. The van der Waals surface area contributed by atoms with E-state index in [1.807, 2.05) is 4.90 Å². The predicted octanol–water partition coefficient (Wildman–Crippen LogP) is 4.54. The number of aromatic nitrogens is 1. The minimum Gasteiger partial charge on any atom is -0.368 e. The monoisotopic (exact) mass is 404 g/mol. The molecule has 0 unspecified atom stereocenters. The molecule has 3 aromatic rings. The van der Waals surface area contributed by atoms with Crippen molar-refractivity contribution >= 4 is 23.1 Å². The van der Waals surface area contributed by atoms with Crippen LogP contribution >= 0.6 is 0 Å². The zero-order valence-corrected chi connectivity index (χ0v) is 17.2. The molecule has 6 heteroatoms. The Kier molecular flexibility index (Phi) is 5.65. The number of carbonyl (C=O) groups excluding carboxylic acids is 1. The van der Waals surface area contributed by atoms with Gasteiger partial charge in [0.1, 0.15) is 11.6 Å². The van der Waals surface area contributed by atoms with Crippen LogP contribution in [0.5, 0.6) is 0 Å². The number of pyridine rings is 1. The van der Waals surface area contributed by atoms with Crippen molar-refractivity contribution in [1.82, 2.24) is 9.88 Å². The molecule has 1 aliphatic rings. The molecule has 1 fully saturated rings. The van der Waals surface area contributed by atoms with E-state index in [0.717, 1.165) is 13.1 Å². The average Bonchev–Trinajstić information content (AvgIpc) is 2.77. The van der Waals surface area contributed by atoms with Crippen molar-refractivity contribution in [3.05, 3.63) is 83.3 Å². The Morgan fingerprint density at radius 2 is 1.73 bits per heavy atom. The quantitative estimate of drug-likeness (QED) is 0.693. The van der Waals surface area contributed by atoms with Crippen LogP contribution in [0.25, 0.3) is 0 Å². The first-order valence-corrected chi connectivity index (χ1v) is 10.1. The van der Waals surface area contributed by atoms with Gasteiger partial charge in [-0.2, -0.15) is 0 Å². The zero-order chi connectivity index (χ0) is 21.1. The lowest BCUT2D eigenvalue weighted by atomic mass is 10.1. The average molecular weight is 404 g/mol. The van der Waals surface area contributed by atoms with Gasteiger partial charge in [-0.3, -0.25) is 4.79 Å². The summed E-state index contributed by atoms with van der Waals surface area (Å²) in [6, 6.07) is 16.2. The Labute approximate surface area is 176 Å². The number of nitrogens with zero attached hydrogens (tertiary/aromatic N) is 3. The Hall–Kier alpha value is -3.41. The first-order valence-electron chi connectivity index (χ1n) is 10.1. The molecule has 2 heterocycles. The fraction of sp³-hybridized carbons (Fsp3) is 0.250. The second kappa shape index (κ2) is 8.53. The summed E-state index contributed by atoms with van der Waals surface area (Å²) < 4.78 is 14.0. The van der Waals surface area contributed by atoms with E-state index in [1.54, 1.807) is 36.5 Å². The highest BCUT2D eigenvalue weighted by atomic mass is 19.1. The molecule has 0 aliphatic carbocycles. The number of benzene rings is 2. The van der Waals surface area contributed by atoms with Crippen LogP contribution in [0.1, 0.15) is 21.5 Å². The molecule has 0 atom stereocenters. The zero-order valence-electron chi connectivity index (χ0n) is 17.2. The molecular formula is C24H25FN4O. The molecule has 5 nitrogen and oxygen atoms in total. The van der Waals surface area contributed by atoms with Gasteiger partial charge in [0.15, 0.2) is 0 Å². The summed E-state index contributed by atoms with van der Waals surface area (Å²) in [5, 5.41) is 2.97. The van der Waals surface area contributed by atoms with E-state index in [9.17, 15) is 9.18 Å². The smallest absolute Gasteiger partial charge is 0.257 e. The molecule has 0 spiro atoms. The molecule has 1 saturated heterocycles. The minimum atomic E-state index is -0.385. The van der Waals surface area contributed by atoms with Crippen LogP contribution in [0.15, 0.2) is 60.8 Å². The van der Waals surface area contributed by atoms with Gasteiger partial charge in [-0.05, 0) is 55.3 Å². The number of hydrogen-bond acceptors (Lipinski definition) is 4. The van der Waals surface area contributed by atoms with Gasteiger partial charge in [0.05, 0.1) is 11.3 Å². The third-order valence-corrected chi connectivity index (χ3v) is 5.65. The largest absolute Gasteiger partial charge is 0.368 e. The van der Waals surface area contributed by atoms with Crippen molar-refractivity contribution in [2.24, 2.45) is 0 Å². The maximum Gasteiger partial charge on any atom is 0.257 e. The summed E-state index contributed by atoms with van der Waals surface area (Å²) in [4.78, 5) is 21.6. The molecule has 1 aromatic heterocycles. The van der Waals surface area contributed by atoms with Crippen LogP contribution in [0, 0.1) is 19.7 Å². The van der Waals surface area contributed by atoms with E-state index in [0.29, 0.717) is 30.2 Å². The lowest BCUT2D eigenvalue weighted by molar-refractivity contribution is 0.0747. The third kappa shape index (κ3) is 3.99. The molecule has 154 valence electrons. The highest BCUT2D eigenvalue weighted by molar-refractivity contribution is 5.99. The second-order valence-corrected chi connectivity index (χ2v) is 7.50. The molecule has 2 aromatic carbocycles. The second-order valence-electron chi connectivity index (χ2n) is 7.50. The third-order valence-electron chi connectivity index (χ3n) is 5.65. The topological polar surface area (TPSA) is 48.5 Å². The van der Waals surface area contributed by atoms with Crippen molar-refractivity contribution in [2.45, 2.75) is 13.8 Å². The van der Waals surface area contributed by atoms with E-state index in [-0.39, 0.29) is 11.7 Å². The van der Waals surface area contributed by atoms with Crippen LogP contribution in [-0.4, -0.2) is 42.0 Å². The standard InChI is InChI=1S/C24H25FN4O/c1-17-7-5-11-22(18(17)2)28-13-15-29(16-14-28)24(30)19-8-6-12-26-23(19)27-21-10-4-3-9-20(21)25/h3-12H,13-16H2,1-2H3,(H,26,27). The van der Waals surface area contributed by atoms with Crippen molar-refractivity contribution in [3.63, 3.8) is 0 Å². The van der Waals surface area contributed by atoms with Crippen LogP contribution in [-0.2, 0) is 0 Å². The number of amides is 1. The van der Waals surface area contributed by atoms with Gasteiger partial charge in [0.2, 0.25) is 0 Å².